The fourth-order valence-electron chi connectivity index (χ4n) is 3.15. The van der Waals surface area contributed by atoms with Crippen molar-refractivity contribution in [2.45, 2.75) is 38.9 Å². The lowest BCUT2D eigenvalue weighted by Crippen LogP contribution is -2.36. The largest absolute Gasteiger partial charge is 0.488 e. The minimum Gasteiger partial charge on any atom is -0.488 e. The minimum atomic E-state index is -1.15. The number of nitrogens with zero attached hydrogens (tertiary/aromatic N) is 1. The fraction of sp³-hybridized carbons (Fsp3) is 0.364. The van der Waals surface area contributed by atoms with Crippen LogP contribution in [0.5, 0.6) is 5.75 Å². The zero-order chi connectivity index (χ0) is 22.1. The van der Waals surface area contributed by atoms with Crippen molar-refractivity contribution in [2.75, 3.05) is 13.1 Å². The SMILES string of the molecule is CC(C)(C)OC(=O)N1CC[C@H](Oc2ccc(C(=O)O)cc2-c2ccc(F)c(F)c2)C1. The lowest BCUT2D eigenvalue weighted by molar-refractivity contribution is 0.0275. The van der Waals surface area contributed by atoms with Gasteiger partial charge in [-0.1, -0.05) is 6.07 Å². The first kappa shape index (κ1) is 21.5. The van der Waals surface area contributed by atoms with Gasteiger partial charge in [-0.05, 0) is 56.7 Å². The summed E-state index contributed by atoms with van der Waals surface area (Å²) in [7, 11) is 0. The minimum absolute atomic E-state index is 0.0103. The molecule has 0 bridgehead atoms. The number of rotatable bonds is 4. The molecule has 0 unspecified atom stereocenters. The lowest BCUT2D eigenvalue weighted by Gasteiger charge is -2.24. The van der Waals surface area contributed by atoms with Crippen LogP contribution >= 0.6 is 0 Å². The summed E-state index contributed by atoms with van der Waals surface area (Å²) in [5.41, 5.74) is -0.00917. The summed E-state index contributed by atoms with van der Waals surface area (Å²) < 4.78 is 38.5. The highest BCUT2D eigenvalue weighted by molar-refractivity contribution is 5.90. The third-order valence-corrected chi connectivity index (χ3v) is 4.55. The van der Waals surface area contributed by atoms with E-state index in [9.17, 15) is 23.5 Å². The summed E-state index contributed by atoms with van der Waals surface area (Å²) >= 11 is 0. The molecule has 1 N–H and O–H groups in total. The normalized spacial score (nSPS) is 16.4. The van der Waals surface area contributed by atoms with E-state index < -0.39 is 29.3 Å². The van der Waals surface area contributed by atoms with Crippen molar-refractivity contribution in [1.29, 1.82) is 0 Å². The molecule has 0 radical (unpaired) electrons. The summed E-state index contributed by atoms with van der Waals surface area (Å²) in [5.74, 6) is -2.88. The second kappa shape index (κ2) is 8.30. The second-order valence-corrected chi connectivity index (χ2v) is 8.10. The first-order valence-corrected chi connectivity index (χ1v) is 9.51. The van der Waals surface area contributed by atoms with Crippen LogP contribution in [0.15, 0.2) is 36.4 Å². The number of aromatic carboxylic acids is 1. The van der Waals surface area contributed by atoms with Gasteiger partial charge in [0.2, 0.25) is 0 Å². The average Bonchev–Trinajstić information content (AvgIpc) is 3.11. The number of carbonyl (C=O) groups is 2. The Labute approximate surface area is 173 Å². The Balaban J connectivity index is 1.83. The van der Waals surface area contributed by atoms with Crippen molar-refractivity contribution in [3.05, 3.63) is 53.6 Å². The highest BCUT2D eigenvalue weighted by Gasteiger charge is 2.31. The van der Waals surface area contributed by atoms with Crippen molar-refractivity contribution in [2.24, 2.45) is 0 Å². The van der Waals surface area contributed by atoms with Gasteiger partial charge in [0.1, 0.15) is 17.5 Å². The Morgan fingerprint density at radius 3 is 2.47 bits per heavy atom. The number of hydrogen-bond acceptors (Lipinski definition) is 4. The third-order valence-electron chi connectivity index (χ3n) is 4.55. The number of carbonyl (C=O) groups excluding carboxylic acids is 1. The Kier molecular flexibility index (Phi) is 5.96. The van der Waals surface area contributed by atoms with Crippen molar-refractivity contribution >= 4 is 12.1 Å². The fourth-order valence-corrected chi connectivity index (χ4v) is 3.15. The first-order chi connectivity index (χ1) is 14.0. The molecule has 1 aliphatic rings. The van der Waals surface area contributed by atoms with E-state index in [1.807, 2.05) is 0 Å². The monoisotopic (exact) mass is 419 g/mol. The summed E-state index contributed by atoms with van der Waals surface area (Å²) in [5, 5.41) is 9.29. The molecular formula is C22H23F2NO5. The third kappa shape index (κ3) is 5.06. The summed E-state index contributed by atoms with van der Waals surface area (Å²) in [6.45, 7) is 6.10. The van der Waals surface area contributed by atoms with Crippen LogP contribution in [0, 0.1) is 11.6 Å². The van der Waals surface area contributed by atoms with E-state index in [0.717, 1.165) is 12.1 Å². The van der Waals surface area contributed by atoms with Gasteiger partial charge in [-0.3, -0.25) is 0 Å². The van der Waals surface area contributed by atoms with Gasteiger partial charge >= 0.3 is 12.1 Å². The molecule has 0 saturated carbocycles. The predicted molar refractivity (Wildman–Crippen MR) is 106 cm³/mol. The standard InChI is InChI=1S/C22H23F2NO5/c1-22(2,3)30-21(28)25-9-8-15(12-25)29-19-7-5-14(20(26)27)10-16(19)13-4-6-17(23)18(24)11-13/h4-7,10-11,15H,8-9,12H2,1-3H3,(H,26,27)/t15-/m0/s1. The van der Waals surface area contributed by atoms with Crippen molar-refractivity contribution in [3.63, 3.8) is 0 Å². The molecule has 1 atom stereocenters. The Bertz CT molecular complexity index is 970. The number of halogens is 2. The van der Waals surface area contributed by atoms with Gasteiger partial charge in [0, 0.05) is 18.5 Å². The van der Waals surface area contributed by atoms with Gasteiger partial charge < -0.3 is 19.5 Å². The molecule has 8 heteroatoms. The van der Waals surface area contributed by atoms with E-state index in [-0.39, 0.29) is 17.2 Å². The molecule has 0 aromatic heterocycles. The zero-order valence-corrected chi connectivity index (χ0v) is 16.9. The molecular weight excluding hydrogens is 396 g/mol. The Morgan fingerprint density at radius 1 is 1.10 bits per heavy atom. The zero-order valence-electron chi connectivity index (χ0n) is 16.9. The maximum atomic E-state index is 13.7. The highest BCUT2D eigenvalue weighted by Crippen LogP contribution is 2.34. The molecule has 1 heterocycles. The van der Waals surface area contributed by atoms with E-state index in [1.54, 1.807) is 25.7 Å². The molecule has 6 nitrogen and oxygen atoms in total. The maximum Gasteiger partial charge on any atom is 0.410 e. The molecule has 1 saturated heterocycles. The molecule has 160 valence electrons. The van der Waals surface area contributed by atoms with Crippen LogP contribution < -0.4 is 4.74 Å². The number of amides is 1. The van der Waals surface area contributed by atoms with Gasteiger partial charge in [0.15, 0.2) is 11.6 Å². The molecule has 1 aliphatic heterocycles. The van der Waals surface area contributed by atoms with Gasteiger partial charge in [0.25, 0.3) is 0 Å². The van der Waals surface area contributed by atoms with Crippen LogP contribution in [-0.4, -0.2) is 46.9 Å². The second-order valence-electron chi connectivity index (χ2n) is 8.10. The summed E-state index contributed by atoms with van der Waals surface area (Å²) in [6, 6.07) is 7.53. The van der Waals surface area contributed by atoms with Crippen LogP contribution in [0.2, 0.25) is 0 Å². The maximum absolute atomic E-state index is 13.7. The highest BCUT2D eigenvalue weighted by atomic mass is 19.2. The molecule has 30 heavy (non-hydrogen) atoms. The van der Waals surface area contributed by atoms with Crippen LogP contribution in [0.3, 0.4) is 0 Å². The summed E-state index contributed by atoms with van der Waals surface area (Å²) in [4.78, 5) is 25.1. The van der Waals surface area contributed by atoms with E-state index in [0.29, 0.717) is 30.8 Å². The van der Waals surface area contributed by atoms with E-state index in [1.165, 1.54) is 24.3 Å². The Morgan fingerprint density at radius 2 is 1.83 bits per heavy atom. The van der Waals surface area contributed by atoms with Crippen molar-refractivity contribution in [1.82, 2.24) is 4.90 Å². The van der Waals surface area contributed by atoms with Gasteiger partial charge in [-0.15, -0.1) is 0 Å². The number of hydrogen-bond donors (Lipinski definition) is 1. The number of likely N-dealkylation sites (tertiary alicyclic amines) is 1. The molecule has 2 aromatic carbocycles. The molecule has 3 rings (SSSR count). The smallest absolute Gasteiger partial charge is 0.410 e. The van der Waals surface area contributed by atoms with Crippen molar-refractivity contribution < 1.29 is 33.0 Å². The number of ether oxygens (including phenoxy) is 2. The molecule has 1 fully saturated rings. The molecule has 2 aromatic rings. The van der Waals surface area contributed by atoms with Crippen LogP contribution in [0.1, 0.15) is 37.6 Å². The first-order valence-electron chi connectivity index (χ1n) is 9.51. The number of carboxylic acid groups (broad SMARTS) is 1. The van der Waals surface area contributed by atoms with Gasteiger partial charge in [-0.25, -0.2) is 18.4 Å². The van der Waals surface area contributed by atoms with Gasteiger partial charge in [0.05, 0.1) is 12.1 Å². The van der Waals surface area contributed by atoms with E-state index >= 15 is 0 Å². The van der Waals surface area contributed by atoms with Crippen LogP contribution in [0.4, 0.5) is 13.6 Å². The molecule has 1 amide bonds. The van der Waals surface area contributed by atoms with Crippen molar-refractivity contribution in [3.8, 4) is 16.9 Å². The lowest BCUT2D eigenvalue weighted by atomic mass is 10.0. The summed E-state index contributed by atoms with van der Waals surface area (Å²) in [6.07, 6.45) is -0.232. The number of benzene rings is 2. The van der Waals surface area contributed by atoms with E-state index in [2.05, 4.69) is 0 Å². The van der Waals surface area contributed by atoms with E-state index in [4.69, 9.17) is 9.47 Å². The van der Waals surface area contributed by atoms with Crippen LogP contribution in [0.25, 0.3) is 11.1 Å². The topological polar surface area (TPSA) is 76.1 Å². The quantitative estimate of drug-likeness (QED) is 0.776. The van der Waals surface area contributed by atoms with Crippen LogP contribution in [-0.2, 0) is 4.74 Å². The van der Waals surface area contributed by atoms with Gasteiger partial charge in [-0.2, -0.15) is 0 Å². The average molecular weight is 419 g/mol. The number of carboxylic acids is 1. The molecule has 0 aliphatic carbocycles. The predicted octanol–water partition coefficient (Wildman–Crippen LogP) is 4.72. The molecule has 0 spiro atoms. The Hall–Kier alpha value is -3.16.